The summed E-state index contributed by atoms with van der Waals surface area (Å²) in [4.78, 5) is 16.9. The number of allylic oxidation sites excluding steroid dienone is 2. The van der Waals surface area contributed by atoms with Crippen LogP contribution in [-0.2, 0) is 16.6 Å². The molecule has 0 spiro atoms. The van der Waals surface area contributed by atoms with Crippen molar-refractivity contribution in [2.24, 2.45) is 51.2 Å². The van der Waals surface area contributed by atoms with E-state index in [2.05, 4.69) is 84.6 Å². The van der Waals surface area contributed by atoms with Crippen LogP contribution in [0.5, 0.6) is 0 Å². The van der Waals surface area contributed by atoms with Crippen molar-refractivity contribution >= 4 is 16.9 Å². The van der Waals surface area contributed by atoms with Gasteiger partial charge in [-0.1, -0.05) is 71.7 Å². The summed E-state index contributed by atoms with van der Waals surface area (Å²) >= 11 is 0. The molecule has 5 aliphatic rings. The predicted octanol–water partition coefficient (Wildman–Crippen LogP) is 9.23. The lowest BCUT2D eigenvalue weighted by Crippen LogP contribution is -2.65. The van der Waals surface area contributed by atoms with Crippen LogP contribution in [0.3, 0.4) is 0 Å². The van der Waals surface area contributed by atoms with Crippen molar-refractivity contribution in [3.63, 3.8) is 0 Å². The molecule has 40 heavy (non-hydrogen) atoms. The molecule has 1 aromatic carbocycles. The Hall–Kier alpha value is -2.03. The number of hydrogen-bond donors (Lipinski definition) is 2. The summed E-state index contributed by atoms with van der Waals surface area (Å²) in [5, 5.41) is 12.1. The zero-order chi connectivity index (χ0) is 28.6. The number of hydrogen-bond acceptors (Lipinski definition) is 1. The Balaban J connectivity index is 1.37. The lowest BCUT2D eigenvalue weighted by molar-refractivity contribution is -0.179. The van der Waals surface area contributed by atoms with Gasteiger partial charge in [-0.25, -0.2) is 0 Å². The Bertz CT molecular complexity index is 1450. The molecule has 0 unspecified atom stereocenters. The van der Waals surface area contributed by atoms with Crippen LogP contribution in [0.4, 0.5) is 0 Å². The monoisotopic (exact) mass is 541 g/mol. The molecule has 7 rings (SSSR count). The first-order chi connectivity index (χ1) is 18.7. The van der Waals surface area contributed by atoms with Gasteiger partial charge in [-0.05, 0) is 122 Å². The number of H-pyrrole nitrogens is 1. The molecule has 0 aliphatic heterocycles. The maximum absolute atomic E-state index is 13.0. The fourth-order valence-electron chi connectivity index (χ4n) is 12.3. The molecule has 0 saturated heterocycles. The molecule has 3 nitrogen and oxygen atoms in total. The van der Waals surface area contributed by atoms with E-state index >= 15 is 0 Å². The van der Waals surface area contributed by atoms with Gasteiger partial charge in [0.05, 0.1) is 5.41 Å². The maximum atomic E-state index is 13.0. The second-order valence-corrected chi connectivity index (χ2v) is 16.5. The van der Waals surface area contributed by atoms with E-state index in [0.29, 0.717) is 23.7 Å². The summed E-state index contributed by atoms with van der Waals surface area (Å²) in [6, 6.07) is 6.94. The zero-order valence-corrected chi connectivity index (χ0v) is 26.2. The highest BCUT2D eigenvalue weighted by atomic mass is 16.4. The number of benzene rings is 1. The quantitative estimate of drug-likeness (QED) is 0.354. The molecule has 2 aromatic rings. The van der Waals surface area contributed by atoms with E-state index in [4.69, 9.17) is 0 Å². The Kier molecular flexibility index (Phi) is 5.42. The van der Waals surface area contributed by atoms with Crippen LogP contribution in [0.15, 0.2) is 29.8 Å². The van der Waals surface area contributed by atoms with Gasteiger partial charge in [0.1, 0.15) is 0 Å². The maximum Gasteiger partial charge on any atom is 0.310 e. The number of carboxylic acid groups (broad SMARTS) is 1. The third-order valence-electron chi connectivity index (χ3n) is 14.8. The van der Waals surface area contributed by atoms with Crippen molar-refractivity contribution in [3.8, 4) is 0 Å². The van der Waals surface area contributed by atoms with Crippen LogP contribution in [0.1, 0.15) is 110 Å². The first kappa shape index (κ1) is 26.8. The van der Waals surface area contributed by atoms with Gasteiger partial charge in [0, 0.05) is 22.0 Å². The van der Waals surface area contributed by atoms with Gasteiger partial charge < -0.3 is 10.1 Å². The van der Waals surface area contributed by atoms with Crippen molar-refractivity contribution < 1.29 is 9.90 Å². The van der Waals surface area contributed by atoms with Crippen LogP contribution >= 0.6 is 0 Å². The minimum Gasteiger partial charge on any atom is -0.481 e. The van der Waals surface area contributed by atoms with Crippen LogP contribution in [0, 0.1) is 58.2 Å². The lowest BCUT2D eigenvalue weighted by atomic mass is 9.33. The molecule has 1 aromatic heterocycles. The Morgan fingerprint density at radius 2 is 1.73 bits per heavy atom. The molecule has 2 N–H and O–H groups in total. The van der Waals surface area contributed by atoms with Gasteiger partial charge >= 0.3 is 5.97 Å². The Morgan fingerprint density at radius 3 is 2.45 bits per heavy atom. The number of nitrogens with one attached hydrogen (secondary N) is 1. The van der Waals surface area contributed by atoms with Crippen LogP contribution in [0.25, 0.3) is 10.9 Å². The molecular formula is C37H51NO2. The van der Waals surface area contributed by atoms with Crippen LogP contribution in [0.2, 0.25) is 0 Å². The van der Waals surface area contributed by atoms with E-state index in [1.807, 2.05) is 0 Å². The number of rotatable bonds is 1. The van der Waals surface area contributed by atoms with E-state index in [0.717, 1.165) is 38.5 Å². The number of aryl methyl sites for hydroxylation is 1. The molecule has 3 heteroatoms. The molecule has 3 saturated carbocycles. The van der Waals surface area contributed by atoms with Crippen molar-refractivity contribution in [2.45, 2.75) is 112 Å². The number of carbonyl (C=O) groups is 1. The number of aliphatic carboxylic acids is 1. The predicted molar refractivity (Wildman–Crippen MR) is 163 cm³/mol. The minimum atomic E-state index is -0.564. The lowest BCUT2D eigenvalue weighted by Gasteiger charge is -2.70. The topological polar surface area (TPSA) is 53.1 Å². The molecule has 0 amide bonds. The fraction of sp³-hybridized carbons (Fsp3) is 0.703. The van der Waals surface area contributed by atoms with E-state index in [-0.39, 0.29) is 27.6 Å². The van der Waals surface area contributed by atoms with Crippen LogP contribution in [-0.4, -0.2) is 16.1 Å². The largest absolute Gasteiger partial charge is 0.481 e. The van der Waals surface area contributed by atoms with Crippen molar-refractivity contribution in [1.82, 2.24) is 4.98 Å². The van der Waals surface area contributed by atoms with Gasteiger partial charge in [-0.2, -0.15) is 0 Å². The second-order valence-electron chi connectivity index (χ2n) is 16.5. The third-order valence-corrected chi connectivity index (χ3v) is 14.8. The molecule has 216 valence electrons. The van der Waals surface area contributed by atoms with E-state index in [1.54, 1.807) is 11.1 Å². The molecule has 0 bridgehead atoms. The summed E-state index contributed by atoms with van der Waals surface area (Å²) in [6.07, 6.45) is 11.2. The summed E-state index contributed by atoms with van der Waals surface area (Å²) in [5.41, 5.74) is 7.21. The van der Waals surface area contributed by atoms with Crippen molar-refractivity contribution in [1.29, 1.82) is 0 Å². The number of aromatic amines is 1. The average molecular weight is 542 g/mol. The normalized spacial score (nSPS) is 45.4. The van der Waals surface area contributed by atoms with Gasteiger partial charge in [-0.3, -0.25) is 4.79 Å². The van der Waals surface area contributed by atoms with Crippen molar-refractivity contribution in [2.75, 3.05) is 0 Å². The highest BCUT2D eigenvalue weighted by molar-refractivity contribution is 5.86. The highest BCUT2D eigenvalue weighted by Gasteiger charge is 2.69. The molecular weight excluding hydrogens is 490 g/mol. The van der Waals surface area contributed by atoms with Gasteiger partial charge in [0.15, 0.2) is 0 Å². The van der Waals surface area contributed by atoms with Crippen molar-refractivity contribution in [3.05, 3.63) is 46.7 Å². The zero-order valence-electron chi connectivity index (χ0n) is 26.2. The SMILES string of the molecule is Cc1ccc2[nH]c3c(c2c1)C[C@]1(C)[C@H]2CC=C4[C@@H]5[C@@H](C)[C@H](C)CC[C@]5(C(=O)O)CC[C@@]4(C)[C@]2(C)CC[C@H]1C3(C)C. The van der Waals surface area contributed by atoms with Gasteiger partial charge in [0.25, 0.3) is 0 Å². The molecule has 1 heterocycles. The fourth-order valence-corrected chi connectivity index (χ4v) is 12.3. The molecule has 3 fully saturated rings. The summed E-state index contributed by atoms with van der Waals surface area (Å²) in [7, 11) is 0. The van der Waals surface area contributed by atoms with E-state index < -0.39 is 11.4 Å². The third kappa shape index (κ3) is 3.01. The first-order valence-corrected chi connectivity index (χ1v) is 16.3. The number of aromatic nitrogens is 1. The number of carboxylic acids is 1. The van der Waals surface area contributed by atoms with Gasteiger partial charge in [-0.15, -0.1) is 0 Å². The van der Waals surface area contributed by atoms with Gasteiger partial charge in [0.2, 0.25) is 0 Å². The Labute approximate surface area is 241 Å². The standard InChI is InChI=1S/C37H51NO2/c1-21-9-11-27-24(19-21)25-20-34(6)28(33(4,5)31(25)38-27)14-15-36(8)29(34)12-10-26-30-23(3)22(2)13-16-37(30,32(39)40)18-17-35(26,36)7/h9-11,19,22-23,28-30,38H,12-18,20H2,1-8H3,(H,39,40)/t22-,23+,28+,29-,30+,34+,35-,36-,37+/m1/s1. The smallest absolute Gasteiger partial charge is 0.310 e. The summed E-state index contributed by atoms with van der Waals surface area (Å²) < 4.78 is 0. The van der Waals surface area contributed by atoms with E-state index in [1.165, 1.54) is 35.0 Å². The second kappa shape index (κ2) is 8.07. The molecule has 0 radical (unpaired) electrons. The average Bonchev–Trinajstić information content (AvgIpc) is 3.24. The number of fused-ring (bicyclic) bond motifs is 10. The Morgan fingerprint density at radius 1 is 0.975 bits per heavy atom. The highest BCUT2D eigenvalue weighted by Crippen LogP contribution is 2.75. The summed E-state index contributed by atoms with van der Waals surface area (Å²) in [6.45, 7) is 19.8. The molecule has 9 atom stereocenters. The minimum absolute atomic E-state index is 0.0695. The first-order valence-electron chi connectivity index (χ1n) is 16.3. The van der Waals surface area contributed by atoms with Crippen LogP contribution < -0.4 is 0 Å². The molecule has 5 aliphatic carbocycles. The summed E-state index contributed by atoms with van der Waals surface area (Å²) in [5.74, 6) is 1.90. The van der Waals surface area contributed by atoms with E-state index in [9.17, 15) is 9.90 Å².